The van der Waals surface area contributed by atoms with E-state index < -0.39 is 0 Å². The lowest BCUT2D eigenvalue weighted by molar-refractivity contribution is 0.300. The molecular formula is C22H33NO. The Morgan fingerprint density at radius 3 is 2.42 bits per heavy atom. The van der Waals surface area contributed by atoms with Gasteiger partial charge in [-0.2, -0.15) is 0 Å². The van der Waals surface area contributed by atoms with E-state index in [1.807, 2.05) is 0 Å². The molecule has 0 radical (unpaired) electrons. The van der Waals surface area contributed by atoms with Gasteiger partial charge in [-0.1, -0.05) is 62.9 Å². The van der Waals surface area contributed by atoms with Crippen LogP contribution >= 0.6 is 0 Å². The van der Waals surface area contributed by atoms with Crippen LogP contribution in [-0.2, 0) is 6.54 Å². The lowest BCUT2D eigenvalue weighted by Crippen LogP contribution is -2.35. The number of unbranched alkanes of at least 4 members (excludes halogenated alkanes) is 4. The predicted molar refractivity (Wildman–Crippen MR) is 105 cm³/mol. The van der Waals surface area contributed by atoms with Crippen LogP contribution in [0.2, 0.25) is 0 Å². The minimum absolute atomic E-state index is 0.0916. The van der Waals surface area contributed by atoms with E-state index in [0.29, 0.717) is 0 Å². The lowest BCUT2D eigenvalue weighted by Gasteiger charge is -2.22. The fourth-order valence-corrected chi connectivity index (χ4v) is 2.87. The molecule has 2 aromatic carbocycles. The molecule has 2 heteroatoms. The molecule has 132 valence electrons. The molecule has 0 saturated heterocycles. The summed E-state index contributed by atoms with van der Waals surface area (Å²) in [6.45, 7) is 10.5. The van der Waals surface area contributed by atoms with Gasteiger partial charge >= 0.3 is 0 Å². The first-order valence-electron chi connectivity index (χ1n) is 9.40. The second-order valence-corrected chi connectivity index (χ2v) is 7.63. The van der Waals surface area contributed by atoms with Crippen molar-refractivity contribution in [2.24, 2.45) is 0 Å². The van der Waals surface area contributed by atoms with Crippen molar-refractivity contribution in [3.8, 4) is 5.75 Å². The van der Waals surface area contributed by atoms with E-state index >= 15 is 0 Å². The monoisotopic (exact) mass is 327 g/mol. The van der Waals surface area contributed by atoms with Crippen LogP contribution in [0, 0.1) is 0 Å². The van der Waals surface area contributed by atoms with Crippen LogP contribution in [0.25, 0.3) is 10.8 Å². The van der Waals surface area contributed by atoms with Crippen molar-refractivity contribution in [1.82, 2.24) is 5.32 Å². The maximum atomic E-state index is 6.15. The van der Waals surface area contributed by atoms with Crippen molar-refractivity contribution < 1.29 is 4.74 Å². The fourth-order valence-electron chi connectivity index (χ4n) is 2.87. The molecule has 0 aliphatic carbocycles. The van der Waals surface area contributed by atoms with Gasteiger partial charge in [0, 0.05) is 17.6 Å². The van der Waals surface area contributed by atoms with Gasteiger partial charge in [-0.25, -0.2) is 0 Å². The second-order valence-electron chi connectivity index (χ2n) is 7.63. The molecule has 2 rings (SSSR count). The van der Waals surface area contributed by atoms with Crippen LogP contribution in [0.4, 0.5) is 0 Å². The molecule has 24 heavy (non-hydrogen) atoms. The highest BCUT2D eigenvalue weighted by Crippen LogP contribution is 2.29. The number of hydrogen-bond donors (Lipinski definition) is 1. The quantitative estimate of drug-likeness (QED) is 0.564. The minimum atomic E-state index is 0.0916. The molecule has 0 spiro atoms. The van der Waals surface area contributed by atoms with Crippen LogP contribution < -0.4 is 10.1 Å². The summed E-state index contributed by atoms with van der Waals surface area (Å²) in [5.41, 5.74) is 1.37. The molecule has 0 amide bonds. The Hall–Kier alpha value is -1.54. The second kappa shape index (κ2) is 9.08. The number of fused-ring (bicyclic) bond motifs is 1. The highest BCUT2D eigenvalue weighted by atomic mass is 16.5. The number of nitrogens with one attached hydrogen (secondary N) is 1. The Labute approximate surface area is 147 Å². The van der Waals surface area contributed by atoms with Gasteiger partial charge in [0.25, 0.3) is 0 Å². The first-order valence-corrected chi connectivity index (χ1v) is 9.40. The van der Waals surface area contributed by atoms with Crippen molar-refractivity contribution >= 4 is 10.8 Å². The Morgan fingerprint density at radius 2 is 1.67 bits per heavy atom. The van der Waals surface area contributed by atoms with Crippen LogP contribution in [0.1, 0.15) is 65.4 Å². The highest BCUT2D eigenvalue weighted by Gasteiger charge is 2.13. The van der Waals surface area contributed by atoms with Gasteiger partial charge in [0.2, 0.25) is 0 Å². The summed E-state index contributed by atoms with van der Waals surface area (Å²) < 4.78 is 6.15. The highest BCUT2D eigenvalue weighted by molar-refractivity contribution is 5.87. The van der Waals surface area contributed by atoms with E-state index in [9.17, 15) is 0 Å². The third-order valence-corrected chi connectivity index (χ3v) is 4.30. The third-order valence-electron chi connectivity index (χ3n) is 4.30. The van der Waals surface area contributed by atoms with Crippen LogP contribution in [0.15, 0.2) is 36.4 Å². The summed E-state index contributed by atoms with van der Waals surface area (Å²) >= 11 is 0. The minimum Gasteiger partial charge on any atom is -0.493 e. The normalized spacial score (nSPS) is 11.8. The van der Waals surface area contributed by atoms with E-state index in [4.69, 9.17) is 4.74 Å². The molecule has 0 aromatic heterocycles. The molecule has 0 unspecified atom stereocenters. The van der Waals surface area contributed by atoms with Gasteiger partial charge in [0.15, 0.2) is 0 Å². The Balaban J connectivity index is 2.09. The first-order chi connectivity index (χ1) is 11.5. The van der Waals surface area contributed by atoms with Crippen molar-refractivity contribution in [3.63, 3.8) is 0 Å². The van der Waals surface area contributed by atoms with E-state index in [1.54, 1.807) is 0 Å². The van der Waals surface area contributed by atoms with Crippen molar-refractivity contribution in [3.05, 3.63) is 42.0 Å². The van der Waals surface area contributed by atoms with Crippen LogP contribution in [-0.4, -0.2) is 12.1 Å². The Bertz CT molecular complexity index is 627. The predicted octanol–water partition coefficient (Wildman–Crippen LogP) is 6.08. The molecule has 0 aliphatic rings. The molecule has 2 aromatic rings. The summed E-state index contributed by atoms with van der Waals surface area (Å²) in [5.74, 6) is 1.03. The number of hydrogen-bond acceptors (Lipinski definition) is 2. The van der Waals surface area contributed by atoms with Gasteiger partial charge in [0.1, 0.15) is 5.75 Å². The van der Waals surface area contributed by atoms with E-state index in [-0.39, 0.29) is 5.54 Å². The number of rotatable bonds is 9. The van der Waals surface area contributed by atoms with Crippen LogP contribution in [0.5, 0.6) is 5.75 Å². The SMILES string of the molecule is CCCCCCCOc1ccc2ccccc2c1CNC(C)(C)C. The number of benzene rings is 2. The standard InChI is InChI=1S/C22H33NO/c1-5-6-7-8-11-16-24-21-15-14-18-12-9-10-13-19(18)20(21)17-23-22(2,3)4/h9-10,12-15,23H,5-8,11,16-17H2,1-4H3. The van der Waals surface area contributed by atoms with Crippen molar-refractivity contribution in [2.45, 2.75) is 71.9 Å². The zero-order valence-electron chi connectivity index (χ0n) is 15.8. The van der Waals surface area contributed by atoms with Gasteiger partial charge in [-0.15, -0.1) is 0 Å². The zero-order chi connectivity index (χ0) is 17.4. The average Bonchev–Trinajstić information content (AvgIpc) is 2.55. The summed E-state index contributed by atoms with van der Waals surface area (Å²) in [5, 5.41) is 6.17. The van der Waals surface area contributed by atoms with Crippen LogP contribution in [0.3, 0.4) is 0 Å². The Morgan fingerprint density at radius 1 is 0.917 bits per heavy atom. The summed E-state index contributed by atoms with van der Waals surface area (Å²) in [4.78, 5) is 0. The molecular weight excluding hydrogens is 294 g/mol. The van der Waals surface area contributed by atoms with E-state index in [1.165, 1.54) is 42.0 Å². The third kappa shape index (κ3) is 5.83. The average molecular weight is 328 g/mol. The van der Waals surface area contributed by atoms with Gasteiger partial charge in [-0.3, -0.25) is 0 Å². The molecule has 1 N–H and O–H groups in total. The lowest BCUT2D eigenvalue weighted by atomic mass is 10.0. The molecule has 0 atom stereocenters. The maximum Gasteiger partial charge on any atom is 0.124 e. The Kier molecular flexibility index (Phi) is 7.11. The summed E-state index contributed by atoms with van der Waals surface area (Å²) in [6.07, 6.45) is 6.33. The van der Waals surface area contributed by atoms with Gasteiger partial charge < -0.3 is 10.1 Å². The molecule has 2 nitrogen and oxygen atoms in total. The summed E-state index contributed by atoms with van der Waals surface area (Å²) in [7, 11) is 0. The van der Waals surface area contributed by atoms with Gasteiger partial charge in [0.05, 0.1) is 6.61 Å². The van der Waals surface area contributed by atoms with Gasteiger partial charge in [-0.05, 0) is 44.0 Å². The molecule has 0 fully saturated rings. The molecule has 0 bridgehead atoms. The van der Waals surface area contributed by atoms with E-state index in [2.05, 4.69) is 69.4 Å². The molecule has 0 saturated carbocycles. The zero-order valence-corrected chi connectivity index (χ0v) is 15.8. The topological polar surface area (TPSA) is 21.3 Å². The summed E-state index contributed by atoms with van der Waals surface area (Å²) in [6, 6.07) is 12.9. The number of ether oxygens (including phenoxy) is 1. The van der Waals surface area contributed by atoms with E-state index in [0.717, 1.165) is 25.3 Å². The molecule has 0 heterocycles. The maximum absolute atomic E-state index is 6.15. The smallest absolute Gasteiger partial charge is 0.124 e. The fraction of sp³-hybridized carbons (Fsp3) is 0.545. The largest absolute Gasteiger partial charge is 0.493 e. The molecule has 0 aliphatic heterocycles. The van der Waals surface area contributed by atoms with Crippen molar-refractivity contribution in [1.29, 1.82) is 0 Å². The first kappa shape index (κ1) is 18.8. The van der Waals surface area contributed by atoms with Crippen molar-refractivity contribution in [2.75, 3.05) is 6.61 Å².